The van der Waals surface area contributed by atoms with Crippen LogP contribution in [0.4, 0.5) is 0 Å². The summed E-state index contributed by atoms with van der Waals surface area (Å²) in [6, 6.07) is 0. The Morgan fingerprint density at radius 1 is 1.41 bits per heavy atom. The van der Waals surface area contributed by atoms with E-state index in [0.29, 0.717) is 0 Å². The lowest BCUT2D eigenvalue weighted by molar-refractivity contribution is -0.136. The molecule has 6 N–H and O–H groups in total. The van der Waals surface area contributed by atoms with E-state index in [1.54, 1.807) is 0 Å². The number of carbonyl (C=O) groups is 1. The van der Waals surface area contributed by atoms with Gasteiger partial charge in [-0.05, 0) is 0 Å². The Morgan fingerprint density at radius 2 is 2.05 bits per heavy atom. The summed E-state index contributed by atoms with van der Waals surface area (Å²) in [7, 11) is -4.94. The predicted molar refractivity (Wildman–Crippen MR) is 67.5 cm³/mol. The molecule has 11 nitrogen and oxygen atoms in total. The summed E-state index contributed by atoms with van der Waals surface area (Å²) >= 11 is 0. The van der Waals surface area contributed by atoms with E-state index in [4.69, 9.17) is 19.6 Å². The van der Waals surface area contributed by atoms with Crippen LogP contribution in [0.25, 0.3) is 0 Å². The van der Waals surface area contributed by atoms with Gasteiger partial charge in [-0.25, -0.2) is 4.98 Å². The Kier molecular flexibility index (Phi) is 4.68. The first-order valence-electron chi connectivity index (χ1n) is 6.10. The van der Waals surface area contributed by atoms with E-state index in [2.05, 4.69) is 4.98 Å². The average Bonchev–Trinajstić information content (AvgIpc) is 2.94. The Labute approximate surface area is 123 Å². The summed E-state index contributed by atoms with van der Waals surface area (Å²) in [6.45, 7) is 0. The van der Waals surface area contributed by atoms with Crippen molar-refractivity contribution in [2.24, 2.45) is 0 Å². The SMILES string of the molecule is O=C(O)Cc1cn(C2O[C@H](C(O)P(=O)(O)O)[C@@H](O)[C@H]2O)cn1. The number of rotatable bonds is 5. The molecule has 0 bridgehead atoms. The minimum Gasteiger partial charge on any atom is -0.481 e. The van der Waals surface area contributed by atoms with Crippen molar-refractivity contribution in [1.82, 2.24) is 9.55 Å². The van der Waals surface area contributed by atoms with Crippen LogP contribution in [0.1, 0.15) is 11.9 Å². The molecule has 12 heteroatoms. The van der Waals surface area contributed by atoms with Gasteiger partial charge >= 0.3 is 13.6 Å². The zero-order chi connectivity index (χ0) is 16.7. The molecule has 0 amide bonds. The summed E-state index contributed by atoms with van der Waals surface area (Å²) in [5.74, 6) is -3.42. The molecule has 0 radical (unpaired) electrons. The monoisotopic (exact) mass is 338 g/mol. The van der Waals surface area contributed by atoms with Crippen LogP contribution in [0.2, 0.25) is 0 Å². The highest BCUT2D eigenvalue weighted by atomic mass is 31.2. The smallest absolute Gasteiger partial charge is 0.356 e. The van der Waals surface area contributed by atoms with E-state index < -0.39 is 43.9 Å². The molecule has 2 unspecified atom stereocenters. The lowest BCUT2D eigenvalue weighted by Crippen LogP contribution is -2.38. The van der Waals surface area contributed by atoms with E-state index >= 15 is 0 Å². The van der Waals surface area contributed by atoms with Crippen LogP contribution in [0.15, 0.2) is 12.5 Å². The number of hydrogen-bond donors (Lipinski definition) is 6. The number of imidazole rings is 1. The van der Waals surface area contributed by atoms with Crippen LogP contribution < -0.4 is 0 Å². The molecule has 0 aromatic carbocycles. The van der Waals surface area contributed by atoms with E-state index in [9.17, 15) is 24.7 Å². The van der Waals surface area contributed by atoms with Crippen molar-refractivity contribution in [2.45, 2.75) is 36.8 Å². The second-order valence-corrected chi connectivity index (χ2v) is 6.57. The number of carboxylic acids is 1. The molecule has 1 fully saturated rings. The average molecular weight is 338 g/mol. The normalized spacial score (nSPS) is 30.4. The molecule has 5 atom stereocenters. The van der Waals surface area contributed by atoms with Crippen molar-refractivity contribution in [3.63, 3.8) is 0 Å². The van der Waals surface area contributed by atoms with Gasteiger partial charge in [0.1, 0.15) is 18.3 Å². The molecule has 1 aliphatic rings. The van der Waals surface area contributed by atoms with Crippen molar-refractivity contribution in [3.05, 3.63) is 18.2 Å². The van der Waals surface area contributed by atoms with E-state index in [1.165, 1.54) is 6.20 Å². The molecular weight excluding hydrogens is 323 g/mol. The van der Waals surface area contributed by atoms with E-state index in [-0.39, 0.29) is 12.1 Å². The van der Waals surface area contributed by atoms with Crippen molar-refractivity contribution in [1.29, 1.82) is 0 Å². The third kappa shape index (κ3) is 3.36. The Balaban J connectivity index is 2.18. The van der Waals surface area contributed by atoms with Crippen LogP contribution in [-0.4, -0.2) is 69.9 Å². The summed E-state index contributed by atoms with van der Waals surface area (Å²) in [4.78, 5) is 32.2. The Hall–Kier alpha value is -1.33. The molecule has 1 aliphatic heterocycles. The maximum atomic E-state index is 11.0. The summed E-state index contributed by atoms with van der Waals surface area (Å²) in [5, 5.41) is 37.8. The lowest BCUT2D eigenvalue weighted by atomic mass is 10.1. The van der Waals surface area contributed by atoms with Gasteiger partial charge in [0, 0.05) is 6.20 Å². The topological polar surface area (TPSA) is 183 Å². The van der Waals surface area contributed by atoms with Crippen molar-refractivity contribution >= 4 is 13.6 Å². The fourth-order valence-corrected chi connectivity index (χ4v) is 2.76. The summed E-state index contributed by atoms with van der Waals surface area (Å²) in [6.07, 6.45) is -4.27. The second-order valence-electron chi connectivity index (χ2n) is 4.86. The maximum Gasteiger partial charge on any atom is 0.356 e. The van der Waals surface area contributed by atoms with E-state index in [0.717, 1.165) is 10.9 Å². The first-order valence-corrected chi connectivity index (χ1v) is 7.78. The second kappa shape index (κ2) is 6.05. The molecule has 1 aromatic rings. The van der Waals surface area contributed by atoms with Gasteiger partial charge in [-0.3, -0.25) is 9.36 Å². The molecule has 2 rings (SSSR count). The van der Waals surface area contributed by atoms with Gasteiger partial charge in [-0.1, -0.05) is 0 Å². The zero-order valence-electron chi connectivity index (χ0n) is 11.0. The molecule has 124 valence electrons. The number of aromatic nitrogens is 2. The number of aliphatic hydroxyl groups is 3. The number of carboxylic acid groups (broad SMARTS) is 1. The fourth-order valence-electron chi connectivity index (χ4n) is 2.13. The highest BCUT2D eigenvalue weighted by molar-refractivity contribution is 7.52. The number of nitrogens with zero attached hydrogens (tertiary/aromatic N) is 2. The Morgan fingerprint density at radius 3 is 2.59 bits per heavy atom. The highest BCUT2D eigenvalue weighted by Gasteiger charge is 2.51. The van der Waals surface area contributed by atoms with Gasteiger partial charge < -0.3 is 39.5 Å². The van der Waals surface area contributed by atoms with Crippen LogP contribution in [0, 0.1) is 0 Å². The number of hydrogen-bond acceptors (Lipinski definition) is 7. The van der Waals surface area contributed by atoms with Gasteiger partial charge in [-0.2, -0.15) is 0 Å². The van der Waals surface area contributed by atoms with Gasteiger partial charge in [0.25, 0.3) is 0 Å². The zero-order valence-corrected chi connectivity index (χ0v) is 11.9. The molecule has 22 heavy (non-hydrogen) atoms. The first-order chi connectivity index (χ1) is 10.1. The molecule has 0 spiro atoms. The van der Waals surface area contributed by atoms with Crippen LogP contribution in [-0.2, 0) is 20.5 Å². The molecule has 1 aromatic heterocycles. The maximum absolute atomic E-state index is 11.0. The first kappa shape index (κ1) is 17.0. The third-order valence-corrected chi connectivity index (χ3v) is 4.18. The Bertz CT molecular complexity index is 599. The van der Waals surface area contributed by atoms with Gasteiger partial charge in [0.05, 0.1) is 18.4 Å². The molecule has 0 saturated carbocycles. The van der Waals surface area contributed by atoms with Crippen molar-refractivity contribution in [2.75, 3.05) is 0 Å². The highest BCUT2D eigenvalue weighted by Crippen LogP contribution is 2.46. The van der Waals surface area contributed by atoms with Gasteiger partial charge in [0.15, 0.2) is 12.1 Å². The van der Waals surface area contributed by atoms with Crippen LogP contribution >= 0.6 is 7.60 Å². The molecule has 2 heterocycles. The van der Waals surface area contributed by atoms with Gasteiger partial charge in [-0.15, -0.1) is 0 Å². The summed E-state index contributed by atoms with van der Waals surface area (Å²) < 4.78 is 17.3. The van der Waals surface area contributed by atoms with Crippen LogP contribution in [0.5, 0.6) is 0 Å². The molecule has 0 aliphatic carbocycles. The lowest BCUT2D eigenvalue weighted by Gasteiger charge is -2.21. The fraction of sp³-hybridized carbons (Fsp3) is 0.600. The number of aliphatic hydroxyl groups excluding tert-OH is 3. The summed E-state index contributed by atoms with van der Waals surface area (Å²) in [5.41, 5.74) is 0.164. The minimum atomic E-state index is -4.94. The van der Waals surface area contributed by atoms with Crippen molar-refractivity contribution in [3.8, 4) is 0 Å². The van der Waals surface area contributed by atoms with Gasteiger partial charge in [0.2, 0.25) is 0 Å². The number of ether oxygens (including phenoxy) is 1. The number of aliphatic carboxylic acids is 1. The minimum absolute atomic E-state index is 0.164. The molecule has 1 saturated heterocycles. The van der Waals surface area contributed by atoms with E-state index in [1.807, 2.05) is 0 Å². The van der Waals surface area contributed by atoms with Crippen LogP contribution in [0.3, 0.4) is 0 Å². The molecular formula is C10H15N2O9P. The standard InChI is InChI=1S/C10H15N2O9P/c13-5(14)1-4-2-12(3-11-4)9-7(16)6(15)8(21-9)10(17)22(18,19)20/h2-3,6-10,15-17H,1H2,(H,13,14)(H2,18,19,20)/t6-,7+,8-,9?,10?/m0/s1. The largest absolute Gasteiger partial charge is 0.481 e. The quantitative estimate of drug-likeness (QED) is 0.317. The van der Waals surface area contributed by atoms with Crippen molar-refractivity contribution < 1.29 is 44.3 Å². The third-order valence-electron chi connectivity index (χ3n) is 3.19. The predicted octanol–water partition coefficient (Wildman–Crippen LogP) is -2.37.